The van der Waals surface area contributed by atoms with E-state index in [2.05, 4.69) is 40.9 Å². The summed E-state index contributed by atoms with van der Waals surface area (Å²) in [4.78, 5) is 18.2. The second-order valence-electron chi connectivity index (χ2n) is 7.50. The molecule has 0 fully saturated rings. The van der Waals surface area contributed by atoms with Gasteiger partial charge in [0.2, 0.25) is 5.91 Å². The number of thiazole rings is 1. The van der Waals surface area contributed by atoms with Crippen LogP contribution in [0.15, 0.2) is 24.4 Å². The average molecular weight is 416 g/mol. The van der Waals surface area contributed by atoms with Gasteiger partial charge < -0.3 is 19.7 Å². The smallest absolute Gasteiger partial charge is 0.279 e. The van der Waals surface area contributed by atoms with Crippen LogP contribution in [0.4, 0.5) is 0 Å². The van der Waals surface area contributed by atoms with Gasteiger partial charge in [-0.15, -0.1) is 0 Å². The Bertz CT molecular complexity index is 881. The number of aromatic nitrogens is 1. The summed E-state index contributed by atoms with van der Waals surface area (Å²) in [6.07, 6.45) is 1.68. The fourth-order valence-corrected chi connectivity index (χ4v) is 3.09. The summed E-state index contributed by atoms with van der Waals surface area (Å²) in [7, 11) is 4.03. The van der Waals surface area contributed by atoms with Crippen molar-refractivity contribution in [1.82, 2.24) is 15.2 Å². The van der Waals surface area contributed by atoms with Gasteiger partial charge in [0.1, 0.15) is 16.4 Å². The van der Waals surface area contributed by atoms with Gasteiger partial charge in [0, 0.05) is 19.0 Å². The monoisotopic (exact) mass is 415 g/mol. The Balaban J connectivity index is 2.13. The molecule has 1 heterocycles. The minimum absolute atomic E-state index is 0.102. The quantitative estimate of drug-likeness (QED) is 0.663. The number of nitrogens with zero attached hydrogens (tertiary/aromatic N) is 2. The van der Waals surface area contributed by atoms with Crippen LogP contribution in [0.1, 0.15) is 38.1 Å². The van der Waals surface area contributed by atoms with Crippen LogP contribution in [-0.4, -0.2) is 42.5 Å². The molecule has 1 unspecified atom stereocenters. The number of nitrogens with one attached hydrogen (secondary N) is 1. The molecule has 7 heteroatoms. The lowest BCUT2D eigenvalue weighted by atomic mass is 10.1. The fourth-order valence-electron chi connectivity index (χ4n) is 2.45. The van der Waals surface area contributed by atoms with E-state index in [-0.39, 0.29) is 11.9 Å². The molecule has 0 aliphatic rings. The number of carbonyl (C=O) groups excluding carboxylic acids is 1. The normalized spacial score (nSPS) is 11.7. The van der Waals surface area contributed by atoms with Crippen LogP contribution in [0.3, 0.4) is 0 Å². The third-order valence-electron chi connectivity index (χ3n) is 3.62. The van der Waals surface area contributed by atoms with Gasteiger partial charge >= 0.3 is 0 Å². The standard InChI is InChI=1S/C22H29N3O3S/c1-15(2)14-27-19-8-10-21(18(11-19)13-25(5)6)28-22-23-12-20(29-22)9-7-16(3)24-17(4)26/h8,10-12,15-16H,13-14H2,1-6H3,(H,24,26). The molecule has 2 aromatic rings. The van der Waals surface area contributed by atoms with E-state index in [0.29, 0.717) is 17.7 Å². The van der Waals surface area contributed by atoms with E-state index in [9.17, 15) is 4.79 Å². The summed E-state index contributed by atoms with van der Waals surface area (Å²) in [6, 6.07) is 5.63. The van der Waals surface area contributed by atoms with Crippen LogP contribution in [-0.2, 0) is 11.3 Å². The molecule has 0 saturated carbocycles. The molecule has 29 heavy (non-hydrogen) atoms. The first kappa shape index (κ1) is 22.7. The van der Waals surface area contributed by atoms with Gasteiger partial charge in [0.05, 0.1) is 18.8 Å². The van der Waals surface area contributed by atoms with Gasteiger partial charge in [-0.2, -0.15) is 0 Å². The first-order chi connectivity index (χ1) is 13.7. The highest BCUT2D eigenvalue weighted by Crippen LogP contribution is 2.32. The van der Waals surface area contributed by atoms with Crippen molar-refractivity contribution in [2.75, 3.05) is 20.7 Å². The van der Waals surface area contributed by atoms with Crippen molar-refractivity contribution in [2.24, 2.45) is 5.92 Å². The molecular formula is C22H29N3O3S. The molecule has 0 aliphatic heterocycles. The largest absolute Gasteiger partial charge is 0.493 e. The molecule has 0 bridgehead atoms. The third-order valence-corrected chi connectivity index (χ3v) is 4.41. The van der Waals surface area contributed by atoms with Gasteiger partial charge in [-0.1, -0.05) is 37.0 Å². The summed E-state index contributed by atoms with van der Waals surface area (Å²) in [5.41, 5.74) is 1.03. The zero-order valence-corrected chi connectivity index (χ0v) is 18.7. The van der Waals surface area contributed by atoms with Gasteiger partial charge in [-0.05, 0) is 45.1 Å². The van der Waals surface area contributed by atoms with Crippen LogP contribution in [0.25, 0.3) is 0 Å². The van der Waals surface area contributed by atoms with Crippen molar-refractivity contribution in [3.63, 3.8) is 0 Å². The van der Waals surface area contributed by atoms with Gasteiger partial charge in [-0.3, -0.25) is 4.79 Å². The number of rotatable bonds is 8. The van der Waals surface area contributed by atoms with Crippen LogP contribution in [0.5, 0.6) is 16.7 Å². The molecule has 156 valence electrons. The maximum atomic E-state index is 11.1. The number of carbonyl (C=O) groups is 1. The summed E-state index contributed by atoms with van der Waals surface area (Å²) in [6.45, 7) is 8.95. The predicted molar refractivity (Wildman–Crippen MR) is 117 cm³/mol. The lowest BCUT2D eigenvalue weighted by Crippen LogP contribution is -2.28. The van der Waals surface area contributed by atoms with Crippen molar-refractivity contribution in [2.45, 2.75) is 40.3 Å². The molecule has 6 nitrogen and oxygen atoms in total. The zero-order chi connectivity index (χ0) is 21.4. The third kappa shape index (κ3) is 8.14. The van der Waals surface area contributed by atoms with E-state index in [1.54, 1.807) is 6.20 Å². The molecule has 1 amide bonds. The van der Waals surface area contributed by atoms with E-state index >= 15 is 0 Å². The molecule has 2 rings (SSSR count). The molecule has 1 atom stereocenters. The van der Waals surface area contributed by atoms with Crippen LogP contribution < -0.4 is 14.8 Å². The first-order valence-electron chi connectivity index (χ1n) is 9.55. The number of benzene rings is 1. The number of amides is 1. The number of hydrogen-bond acceptors (Lipinski definition) is 6. The highest BCUT2D eigenvalue weighted by Gasteiger charge is 2.11. The molecule has 1 aromatic carbocycles. The summed E-state index contributed by atoms with van der Waals surface area (Å²) >= 11 is 1.37. The van der Waals surface area contributed by atoms with E-state index in [0.717, 1.165) is 28.5 Å². The highest BCUT2D eigenvalue weighted by atomic mass is 32.1. The summed E-state index contributed by atoms with van der Waals surface area (Å²) in [5, 5.41) is 3.26. The fraction of sp³-hybridized carbons (Fsp3) is 0.455. The second-order valence-corrected chi connectivity index (χ2v) is 8.49. The molecule has 0 saturated heterocycles. The lowest BCUT2D eigenvalue weighted by molar-refractivity contribution is -0.119. The van der Waals surface area contributed by atoms with Gasteiger partial charge in [0.15, 0.2) is 0 Å². The number of ether oxygens (including phenoxy) is 2. The predicted octanol–water partition coefficient (Wildman–Crippen LogP) is 3.91. The topological polar surface area (TPSA) is 63.7 Å². The molecule has 1 aromatic heterocycles. The second kappa shape index (κ2) is 10.8. The van der Waals surface area contributed by atoms with Crippen molar-refractivity contribution in [3.8, 4) is 28.5 Å². The highest BCUT2D eigenvalue weighted by molar-refractivity contribution is 7.13. The van der Waals surface area contributed by atoms with Crippen LogP contribution >= 0.6 is 11.3 Å². The molecular weight excluding hydrogens is 386 g/mol. The van der Waals surface area contributed by atoms with E-state index in [1.807, 2.05) is 39.2 Å². The number of hydrogen-bond donors (Lipinski definition) is 1. The van der Waals surface area contributed by atoms with E-state index in [4.69, 9.17) is 9.47 Å². The Hall–Kier alpha value is -2.56. The molecule has 1 N–H and O–H groups in total. The Morgan fingerprint density at radius 1 is 1.31 bits per heavy atom. The minimum Gasteiger partial charge on any atom is -0.493 e. The SMILES string of the molecule is CC(=O)NC(C)C#Cc1cnc(Oc2ccc(OCC(C)C)cc2CN(C)C)s1. The maximum Gasteiger partial charge on any atom is 0.279 e. The summed E-state index contributed by atoms with van der Waals surface area (Å²) < 4.78 is 11.9. The molecule has 0 aliphatic carbocycles. The van der Waals surface area contributed by atoms with Gasteiger partial charge in [-0.25, -0.2) is 4.98 Å². The Labute approximate surface area is 177 Å². The van der Waals surface area contributed by atoms with Gasteiger partial charge in [0.25, 0.3) is 5.19 Å². The van der Waals surface area contributed by atoms with Crippen molar-refractivity contribution < 1.29 is 14.3 Å². The Morgan fingerprint density at radius 3 is 2.72 bits per heavy atom. The van der Waals surface area contributed by atoms with Crippen LogP contribution in [0, 0.1) is 17.8 Å². The lowest BCUT2D eigenvalue weighted by Gasteiger charge is -2.16. The van der Waals surface area contributed by atoms with Crippen LogP contribution in [0.2, 0.25) is 0 Å². The van der Waals surface area contributed by atoms with Crippen molar-refractivity contribution >= 4 is 17.2 Å². The zero-order valence-electron chi connectivity index (χ0n) is 17.9. The first-order valence-corrected chi connectivity index (χ1v) is 10.4. The van der Waals surface area contributed by atoms with E-state index < -0.39 is 0 Å². The van der Waals surface area contributed by atoms with Crippen molar-refractivity contribution in [1.29, 1.82) is 0 Å². The summed E-state index contributed by atoms with van der Waals surface area (Å²) in [5.74, 6) is 7.95. The maximum absolute atomic E-state index is 11.1. The average Bonchev–Trinajstić information content (AvgIpc) is 3.06. The molecule has 0 spiro atoms. The Morgan fingerprint density at radius 2 is 2.07 bits per heavy atom. The van der Waals surface area contributed by atoms with E-state index in [1.165, 1.54) is 18.3 Å². The van der Waals surface area contributed by atoms with Crippen molar-refractivity contribution in [3.05, 3.63) is 34.8 Å². The molecule has 0 radical (unpaired) electrons. The Kier molecular flexibility index (Phi) is 8.50. The minimum atomic E-state index is -0.218.